The molecule has 0 spiro atoms. The molecule has 0 saturated carbocycles. The molecule has 0 radical (unpaired) electrons. The van der Waals surface area contributed by atoms with E-state index in [1.165, 1.54) is 11.0 Å². The average Bonchev–Trinajstić information content (AvgIpc) is 2.82. The van der Waals surface area contributed by atoms with Gasteiger partial charge in [-0.3, -0.25) is 9.59 Å². The Morgan fingerprint density at radius 2 is 1.59 bits per heavy atom. The maximum atomic E-state index is 13.3. The van der Waals surface area contributed by atoms with Crippen molar-refractivity contribution in [3.63, 3.8) is 0 Å². The molecular weight excluding hydrogens is 428 g/mol. The Bertz CT molecular complexity index is 1260. The van der Waals surface area contributed by atoms with Gasteiger partial charge in [-0.15, -0.1) is 0 Å². The fourth-order valence-corrected chi connectivity index (χ4v) is 5.68. The summed E-state index contributed by atoms with van der Waals surface area (Å²) in [4.78, 5) is 26.5. The first kappa shape index (κ1) is 22.0. The molecule has 2 unspecified atom stereocenters. The van der Waals surface area contributed by atoms with Crippen LogP contribution in [-0.2, 0) is 19.6 Å². The highest BCUT2D eigenvalue weighted by Gasteiger charge is 2.42. The second-order valence-corrected chi connectivity index (χ2v) is 9.79. The van der Waals surface area contributed by atoms with Crippen molar-refractivity contribution in [2.24, 2.45) is 0 Å². The minimum Gasteiger partial charge on any atom is -0.480 e. The number of carbonyl (C=O) groups is 2. The summed E-state index contributed by atoms with van der Waals surface area (Å²) in [5.74, 6) is -1.95. The Hall–Kier alpha value is -3.23. The van der Waals surface area contributed by atoms with Crippen molar-refractivity contribution < 1.29 is 23.1 Å². The van der Waals surface area contributed by atoms with Gasteiger partial charge in [0.1, 0.15) is 6.04 Å². The minimum atomic E-state index is -4.05. The predicted molar refractivity (Wildman–Crippen MR) is 121 cm³/mol. The van der Waals surface area contributed by atoms with Crippen LogP contribution in [0.15, 0.2) is 77.7 Å². The third kappa shape index (κ3) is 4.11. The number of aliphatic carboxylic acids is 1. The van der Waals surface area contributed by atoms with Gasteiger partial charge in [-0.1, -0.05) is 60.7 Å². The van der Waals surface area contributed by atoms with Crippen LogP contribution in [0.2, 0.25) is 0 Å². The largest absolute Gasteiger partial charge is 0.480 e. The van der Waals surface area contributed by atoms with Gasteiger partial charge in [0, 0.05) is 19.6 Å². The van der Waals surface area contributed by atoms with Gasteiger partial charge >= 0.3 is 5.97 Å². The lowest BCUT2D eigenvalue weighted by atomic mass is 9.99. The number of sulfonamides is 1. The van der Waals surface area contributed by atoms with E-state index in [2.05, 4.69) is 0 Å². The maximum absolute atomic E-state index is 13.3. The summed E-state index contributed by atoms with van der Waals surface area (Å²) in [5, 5.41) is 11.5. The molecule has 0 aliphatic carbocycles. The summed E-state index contributed by atoms with van der Waals surface area (Å²) in [6.45, 7) is 1.62. The van der Waals surface area contributed by atoms with E-state index in [9.17, 15) is 23.1 Å². The summed E-state index contributed by atoms with van der Waals surface area (Å²) in [6, 6.07) is 20.0. The summed E-state index contributed by atoms with van der Waals surface area (Å²) in [6.07, 6.45) is 0. The van der Waals surface area contributed by atoms with Crippen LogP contribution in [0.25, 0.3) is 10.8 Å². The Morgan fingerprint density at radius 3 is 2.28 bits per heavy atom. The highest BCUT2D eigenvalue weighted by Crippen LogP contribution is 2.27. The van der Waals surface area contributed by atoms with Crippen LogP contribution >= 0.6 is 0 Å². The standard InChI is InChI=1S/C24H24N2O5S/c1-17(18-7-3-2-4-8-18)23(27)25-13-14-26(22(16-25)24(28)29)32(30,31)21-12-11-19-9-5-6-10-20(19)15-21/h2-12,15,17,22H,13-14,16H2,1H3,(H,28,29). The Morgan fingerprint density at radius 1 is 0.938 bits per heavy atom. The van der Waals surface area contributed by atoms with Crippen LogP contribution in [0.4, 0.5) is 0 Å². The van der Waals surface area contributed by atoms with Crippen molar-refractivity contribution in [1.82, 2.24) is 9.21 Å². The maximum Gasteiger partial charge on any atom is 0.323 e. The molecule has 2 atom stereocenters. The van der Waals surface area contributed by atoms with E-state index in [0.717, 1.165) is 20.6 Å². The van der Waals surface area contributed by atoms with Crippen molar-refractivity contribution in [3.8, 4) is 0 Å². The van der Waals surface area contributed by atoms with E-state index in [1.807, 2.05) is 54.6 Å². The molecule has 1 N–H and O–H groups in total. The monoisotopic (exact) mass is 452 g/mol. The number of carboxylic acid groups (broad SMARTS) is 1. The molecule has 7 nitrogen and oxygen atoms in total. The van der Waals surface area contributed by atoms with Crippen LogP contribution in [0.1, 0.15) is 18.4 Å². The molecule has 0 bridgehead atoms. The topological polar surface area (TPSA) is 95.0 Å². The number of amides is 1. The van der Waals surface area contributed by atoms with Crippen LogP contribution < -0.4 is 0 Å². The Balaban J connectivity index is 1.59. The average molecular weight is 453 g/mol. The second-order valence-electron chi connectivity index (χ2n) is 7.90. The first-order valence-corrected chi connectivity index (χ1v) is 11.8. The third-order valence-electron chi connectivity index (χ3n) is 5.93. The number of piperazine rings is 1. The Labute approximate surface area is 186 Å². The molecule has 8 heteroatoms. The van der Waals surface area contributed by atoms with Gasteiger partial charge in [0.05, 0.1) is 10.8 Å². The quantitative estimate of drug-likeness (QED) is 0.642. The molecule has 3 aromatic carbocycles. The number of hydrogen-bond donors (Lipinski definition) is 1. The highest BCUT2D eigenvalue weighted by molar-refractivity contribution is 7.89. The van der Waals surface area contributed by atoms with Gasteiger partial charge in [0.25, 0.3) is 0 Å². The molecule has 0 aromatic heterocycles. The summed E-state index contributed by atoms with van der Waals surface area (Å²) in [5.41, 5.74) is 0.829. The molecule has 1 amide bonds. The minimum absolute atomic E-state index is 0.0416. The normalized spacial score (nSPS) is 18.4. The van der Waals surface area contributed by atoms with Crippen molar-refractivity contribution in [2.45, 2.75) is 23.8 Å². The number of carboxylic acids is 1. The van der Waals surface area contributed by atoms with Gasteiger partial charge in [-0.05, 0) is 35.4 Å². The Kier molecular flexibility index (Phi) is 5.99. The van der Waals surface area contributed by atoms with Crippen LogP contribution in [-0.4, -0.2) is 60.3 Å². The van der Waals surface area contributed by atoms with Gasteiger partial charge in [0.2, 0.25) is 15.9 Å². The molecule has 1 aliphatic heterocycles. The molecule has 3 aromatic rings. The predicted octanol–water partition coefficient (Wildman–Crippen LogP) is 2.93. The van der Waals surface area contributed by atoms with Crippen molar-refractivity contribution in [1.29, 1.82) is 0 Å². The van der Waals surface area contributed by atoms with E-state index >= 15 is 0 Å². The smallest absolute Gasteiger partial charge is 0.323 e. The van der Waals surface area contributed by atoms with E-state index in [0.29, 0.717) is 0 Å². The SMILES string of the molecule is CC(C(=O)N1CCN(S(=O)(=O)c2ccc3ccccc3c2)C(C(=O)O)C1)c1ccccc1. The lowest BCUT2D eigenvalue weighted by Gasteiger charge is -2.39. The molecule has 1 aliphatic rings. The molecule has 4 rings (SSSR count). The fourth-order valence-electron chi connectivity index (χ4n) is 4.08. The van der Waals surface area contributed by atoms with Crippen molar-refractivity contribution in [3.05, 3.63) is 78.4 Å². The molecule has 1 saturated heterocycles. The van der Waals surface area contributed by atoms with Crippen LogP contribution in [0.5, 0.6) is 0 Å². The number of rotatable bonds is 5. The number of fused-ring (bicyclic) bond motifs is 1. The zero-order valence-electron chi connectivity index (χ0n) is 17.6. The number of nitrogens with zero attached hydrogens (tertiary/aromatic N) is 2. The zero-order chi connectivity index (χ0) is 22.9. The number of hydrogen-bond acceptors (Lipinski definition) is 4. The zero-order valence-corrected chi connectivity index (χ0v) is 18.4. The third-order valence-corrected chi connectivity index (χ3v) is 7.83. The summed E-state index contributed by atoms with van der Waals surface area (Å²) in [7, 11) is -4.05. The van der Waals surface area contributed by atoms with E-state index in [1.54, 1.807) is 19.1 Å². The lowest BCUT2D eigenvalue weighted by Crippen LogP contribution is -2.59. The summed E-state index contributed by atoms with van der Waals surface area (Å²) >= 11 is 0. The van der Waals surface area contributed by atoms with Gasteiger partial charge in [0.15, 0.2) is 0 Å². The lowest BCUT2D eigenvalue weighted by molar-refractivity contribution is -0.146. The van der Waals surface area contributed by atoms with Crippen LogP contribution in [0.3, 0.4) is 0 Å². The molecule has 1 heterocycles. The van der Waals surface area contributed by atoms with Gasteiger partial charge in [-0.25, -0.2) is 8.42 Å². The fraction of sp³-hybridized carbons (Fsp3) is 0.250. The van der Waals surface area contributed by atoms with Crippen molar-refractivity contribution in [2.75, 3.05) is 19.6 Å². The second kappa shape index (κ2) is 8.72. The molecule has 32 heavy (non-hydrogen) atoms. The highest BCUT2D eigenvalue weighted by atomic mass is 32.2. The first-order chi connectivity index (χ1) is 15.3. The van der Waals surface area contributed by atoms with Gasteiger partial charge in [-0.2, -0.15) is 4.31 Å². The first-order valence-electron chi connectivity index (χ1n) is 10.4. The molecule has 1 fully saturated rings. The van der Waals surface area contributed by atoms with Gasteiger partial charge < -0.3 is 10.0 Å². The van der Waals surface area contributed by atoms with Crippen molar-refractivity contribution >= 4 is 32.7 Å². The molecular formula is C24H24N2O5S. The van der Waals surface area contributed by atoms with Crippen LogP contribution in [0, 0.1) is 0 Å². The number of benzene rings is 3. The van der Waals surface area contributed by atoms with E-state index in [-0.39, 0.29) is 30.4 Å². The van der Waals surface area contributed by atoms with E-state index < -0.39 is 28.0 Å². The molecule has 166 valence electrons. The number of carbonyl (C=O) groups excluding carboxylic acids is 1. The summed E-state index contributed by atoms with van der Waals surface area (Å²) < 4.78 is 27.7. The van der Waals surface area contributed by atoms with E-state index in [4.69, 9.17) is 0 Å².